The van der Waals surface area contributed by atoms with Crippen LogP contribution in [0.5, 0.6) is 5.75 Å². The maximum atomic E-state index is 12.2. The average Bonchev–Trinajstić information content (AvgIpc) is 2.53. The standard InChI is InChI=1S/C18H17ClN2O4/c19-13-4-1-3-11(7-13)12-8-14(22)15(20-9-12)16(23)21-10-18(17(24)25)5-2-6-18/h1,3-4,7-9,22H,2,5-6,10H2,(H,21,23)(H,24,25). The topological polar surface area (TPSA) is 99.5 Å². The van der Waals surface area contributed by atoms with Crippen molar-refractivity contribution >= 4 is 23.5 Å². The molecule has 2 aromatic rings. The molecular formula is C18H17ClN2O4. The fraction of sp³-hybridized carbons (Fsp3) is 0.278. The van der Waals surface area contributed by atoms with Crippen LogP contribution in [0, 0.1) is 5.41 Å². The third-order valence-corrected chi connectivity index (χ3v) is 4.83. The molecule has 0 bridgehead atoms. The van der Waals surface area contributed by atoms with E-state index in [2.05, 4.69) is 10.3 Å². The molecule has 7 heteroatoms. The monoisotopic (exact) mass is 360 g/mol. The first-order chi connectivity index (χ1) is 11.9. The second-order valence-corrected chi connectivity index (χ2v) is 6.66. The minimum Gasteiger partial charge on any atom is -0.505 e. The lowest BCUT2D eigenvalue weighted by Gasteiger charge is -2.37. The Labute approximate surface area is 149 Å². The van der Waals surface area contributed by atoms with Crippen molar-refractivity contribution in [3.63, 3.8) is 0 Å². The molecule has 1 aliphatic rings. The Kier molecular flexibility index (Phi) is 4.63. The van der Waals surface area contributed by atoms with Crippen LogP contribution in [-0.2, 0) is 4.79 Å². The summed E-state index contributed by atoms with van der Waals surface area (Å²) in [7, 11) is 0. The summed E-state index contributed by atoms with van der Waals surface area (Å²) in [6.07, 6.45) is 3.38. The Morgan fingerprint density at radius 3 is 2.56 bits per heavy atom. The number of carbonyl (C=O) groups is 2. The van der Waals surface area contributed by atoms with Gasteiger partial charge in [0.1, 0.15) is 5.75 Å². The van der Waals surface area contributed by atoms with E-state index in [1.165, 1.54) is 12.3 Å². The van der Waals surface area contributed by atoms with E-state index in [4.69, 9.17) is 11.6 Å². The van der Waals surface area contributed by atoms with E-state index in [1.807, 2.05) is 6.07 Å². The molecule has 3 N–H and O–H groups in total. The zero-order valence-electron chi connectivity index (χ0n) is 13.3. The summed E-state index contributed by atoms with van der Waals surface area (Å²) in [6, 6.07) is 8.49. The largest absolute Gasteiger partial charge is 0.505 e. The second kappa shape index (κ2) is 6.72. The first-order valence-electron chi connectivity index (χ1n) is 7.88. The Morgan fingerprint density at radius 1 is 1.24 bits per heavy atom. The molecule has 1 amide bonds. The number of carboxylic acids is 1. The predicted molar refractivity (Wildman–Crippen MR) is 92.6 cm³/mol. The van der Waals surface area contributed by atoms with E-state index < -0.39 is 17.3 Å². The van der Waals surface area contributed by atoms with Gasteiger partial charge in [0.05, 0.1) is 5.41 Å². The third kappa shape index (κ3) is 3.44. The van der Waals surface area contributed by atoms with Gasteiger partial charge in [0.2, 0.25) is 0 Å². The summed E-state index contributed by atoms with van der Waals surface area (Å²) >= 11 is 5.95. The van der Waals surface area contributed by atoms with Crippen molar-refractivity contribution in [3.05, 3.63) is 47.2 Å². The number of pyridine rings is 1. The van der Waals surface area contributed by atoms with Gasteiger partial charge in [0, 0.05) is 23.3 Å². The van der Waals surface area contributed by atoms with Crippen molar-refractivity contribution in [2.45, 2.75) is 19.3 Å². The quantitative estimate of drug-likeness (QED) is 0.760. The number of aromatic hydroxyl groups is 1. The van der Waals surface area contributed by atoms with E-state index in [0.29, 0.717) is 23.4 Å². The second-order valence-electron chi connectivity index (χ2n) is 6.22. The molecule has 0 radical (unpaired) electrons. The molecule has 130 valence electrons. The molecule has 25 heavy (non-hydrogen) atoms. The first-order valence-corrected chi connectivity index (χ1v) is 8.26. The average molecular weight is 361 g/mol. The van der Waals surface area contributed by atoms with Crippen LogP contribution in [0.15, 0.2) is 36.5 Å². The van der Waals surface area contributed by atoms with Gasteiger partial charge in [-0.25, -0.2) is 4.98 Å². The molecule has 1 heterocycles. The van der Waals surface area contributed by atoms with Gasteiger partial charge in [0.25, 0.3) is 5.91 Å². The minimum absolute atomic E-state index is 0.0261. The van der Waals surface area contributed by atoms with E-state index in [-0.39, 0.29) is 18.0 Å². The summed E-state index contributed by atoms with van der Waals surface area (Å²) < 4.78 is 0. The summed E-state index contributed by atoms with van der Waals surface area (Å²) in [5, 5.41) is 22.5. The molecule has 3 rings (SSSR count). The number of nitrogens with zero attached hydrogens (tertiary/aromatic N) is 1. The van der Waals surface area contributed by atoms with Crippen LogP contribution in [0.25, 0.3) is 11.1 Å². The van der Waals surface area contributed by atoms with Gasteiger partial charge in [-0.3, -0.25) is 9.59 Å². The van der Waals surface area contributed by atoms with Crippen LogP contribution < -0.4 is 5.32 Å². The summed E-state index contributed by atoms with van der Waals surface area (Å²) in [5.74, 6) is -1.77. The normalized spacial score (nSPS) is 15.2. The number of benzene rings is 1. The lowest BCUT2D eigenvalue weighted by molar-refractivity contribution is -0.153. The van der Waals surface area contributed by atoms with Crippen LogP contribution in [-0.4, -0.2) is 33.6 Å². The molecule has 1 aliphatic carbocycles. The van der Waals surface area contributed by atoms with Crippen LogP contribution in [0.3, 0.4) is 0 Å². The van der Waals surface area contributed by atoms with Crippen LogP contribution in [0.1, 0.15) is 29.8 Å². The van der Waals surface area contributed by atoms with E-state index in [1.54, 1.807) is 18.2 Å². The fourth-order valence-electron chi connectivity index (χ4n) is 2.86. The lowest BCUT2D eigenvalue weighted by atomic mass is 9.69. The number of nitrogens with one attached hydrogen (secondary N) is 1. The van der Waals surface area contributed by atoms with E-state index in [9.17, 15) is 19.8 Å². The van der Waals surface area contributed by atoms with Gasteiger partial charge in [0.15, 0.2) is 5.69 Å². The van der Waals surface area contributed by atoms with Gasteiger partial charge >= 0.3 is 5.97 Å². The Bertz CT molecular complexity index is 834. The summed E-state index contributed by atoms with van der Waals surface area (Å²) in [6.45, 7) is 0.0261. The molecule has 0 saturated heterocycles. The molecule has 1 fully saturated rings. The third-order valence-electron chi connectivity index (χ3n) is 4.59. The number of amides is 1. The number of rotatable bonds is 5. The van der Waals surface area contributed by atoms with Gasteiger partial charge < -0.3 is 15.5 Å². The summed E-state index contributed by atoms with van der Waals surface area (Å²) in [5.41, 5.74) is 0.358. The fourth-order valence-corrected chi connectivity index (χ4v) is 3.05. The molecule has 0 spiro atoms. The van der Waals surface area contributed by atoms with Crippen LogP contribution in [0.4, 0.5) is 0 Å². The highest BCUT2D eigenvalue weighted by molar-refractivity contribution is 6.30. The molecule has 1 saturated carbocycles. The van der Waals surface area contributed by atoms with Crippen molar-refractivity contribution in [3.8, 4) is 16.9 Å². The highest BCUT2D eigenvalue weighted by Gasteiger charge is 2.44. The maximum Gasteiger partial charge on any atom is 0.311 e. The molecule has 1 aromatic heterocycles. The van der Waals surface area contributed by atoms with Crippen molar-refractivity contribution in [2.24, 2.45) is 5.41 Å². The number of carbonyl (C=O) groups excluding carboxylic acids is 1. The van der Waals surface area contributed by atoms with Gasteiger partial charge in [-0.05, 0) is 36.6 Å². The van der Waals surface area contributed by atoms with Gasteiger partial charge in [-0.1, -0.05) is 30.2 Å². The molecular weight excluding hydrogens is 344 g/mol. The number of aliphatic carboxylic acids is 1. The smallest absolute Gasteiger partial charge is 0.311 e. The molecule has 0 aliphatic heterocycles. The number of halogens is 1. The van der Waals surface area contributed by atoms with Gasteiger partial charge in [-0.15, -0.1) is 0 Å². The van der Waals surface area contributed by atoms with E-state index in [0.717, 1.165) is 12.0 Å². The number of aromatic nitrogens is 1. The SMILES string of the molecule is O=C(NCC1(C(=O)O)CCC1)c1ncc(-c2cccc(Cl)c2)cc1O. The molecule has 6 nitrogen and oxygen atoms in total. The minimum atomic E-state index is -0.910. The van der Waals surface area contributed by atoms with Crippen LogP contribution >= 0.6 is 11.6 Å². The van der Waals surface area contributed by atoms with Crippen molar-refractivity contribution in [2.75, 3.05) is 6.54 Å². The first kappa shape index (κ1) is 17.2. The number of carboxylic acid groups (broad SMARTS) is 1. The number of hydrogen-bond donors (Lipinski definition) is 3. The van der Waals surface area contributed by atoms with Crippen molar-refractivity contribution in [1.82, 2.24) is 10.3 Å². The maximum absolute atomic E-state index is 12.2. The molecule has 1 aromatic carbocycles. The highest BCUT2D eigenvalue weighted by atomic mass is 35.5. The lowest BCUT2D eigenvalue weighted by Crippen LogP contribution is -2.47. The zero-order valence-corrected chi connectivity index (χ0v) is 14.1. The Hall–Kier alpha value is -2.60. The Balaban J connectivity index is 1.74. The molecule has 0 unspecified atom stereocenters. The molecule has 0 atom stereocenters. The zero-order chi connectivity index (χ0) is 18.0. The van der Waals surface area contributed by atoms with Crippen molar-refractivity contribution in [1.29, 1.82) is 0 Å². The predicted octanol–water partition coefficient (Wildman–Crippen LogP) is 3.09. The van der Waals surface area contributed by atoms with Crippen LogP contribution in [0.2, 0.25) is 5.02 Å². The van der Waals surface area contributed by atoms with Crippen molar-refractivity contribution < 1.29 is 19.8 Å². The van der Waals surface area contributed by atoms with Gasteiger partial charge in [-0.2, -0.15) is 0 Å². The highest BCUT2D eigenvalue weighted by Crippen LogP contribution is 2.40. The van der Waals surface area contributed by atoms with E-state index >= 15 is 0 Å². The number of hydrogen-bond acceptors (Lipinski definition) is 4. The Morgan fingerprint density at radius 2 is 2.00 bits per heavy atom. The summed E-state index contributed by atoms with van der Waals surface area (Å²) in [4.78, 5) is 27.6.